The predicted molar refractivity (Wildman–Crippen MR) is 93.2 cm³/mol. The van der Waals surface area contributed by atoms with Crippen LogP contribution in [0.15, 0.2) is 36.4 Å². The third kappa shape index (κ3) is 5.20. The minimum Gasteiger partial charge on any atom is -0.492 e. The molecule has 0 aliphatic rings. The van der Waals surface area contributed by atoms with Gasteiger partial charge in [-0.05, 0) is 36.4 Å². The van der Waals surface area contributed by atoms with Crippen molar-refractivity contribution in [3.05, 3.63) is 57.0 Å². The average molecular weight is 375 g/mol. The standard InChI is InChI=1S/C16H14Cl3NO3/c1-22-16(21)14-9-10(17)2-3-15(14)20-4-5-23-13-7-11(18)6-12(19)8-13/h2-3,6-9,20H,4-5H2,1H3. The van der Waals surface area contributed by atoms with Gasteiger partial charge in [0.15, 0.2) is 0 Å². The molecule has 0 radical (unpaired) electrons. The lowest BCUT2D eigenvalue weighted by molar-refractivity contribution is 0.0602. The molecule has 0 aliphatic carbocycles. The number of ether oxygens (including phenoxy) is 2. The smallest absolute Gasteiger partial charge is 0.340 e. The number of hydrogen-bond donors (Lipinski definition) is 1. The fourth-order valence-electron chi connectivity index (χ4n) is 1.92. The second-order valence-electron chi connectivity index (χ2n) is 4.56. The molecule has 0 fully saturated rings. The van der Waals surface area contributed by atoms with Gasteiger partial charge in [0.2, 0.25) is 0 Å². The molecule has 1 N–H and O–H groups in total. The topological polar surface area (TPSA) is 47.6 Å². The van der Waals surface area contributed by atoms with Gasteiger partial charge in [0, 0.05) is 27.3 Å². The van der Waals surface area contributed by atoms with E-state index in [1.807, 2.05) is 0 Å². The lowest BCUT2D eigenvalue weighted by Crippen LogP contribution is -2.14. The van der Waals surface area contributed by atoms with Crippen molar-refractivity contribution in [2.45, 2.75) is 0 Å². The Bertz CT molecular complexity index is 687. The van der Waals surface area contributed by atoms with Crippen LogP contribution in [0.2, 0.25) is 15.1 Å². The Hall–Kier alpha value is -1.62. The predicted octanol–water partition coefficient (Wildman–Crippen LogP) is 4.92. The molecule has 4 nitrogen and oxygen atoms in total. The second kappa shape index (κ2) is 8.29. The summed E-state index contributed by atoms with van der Waals surface area (Å²) in [7, 11) is 1.32. The van der Waals surface area contributed by atoms with Gasteiger partial charge in [0.25, 0.3) is 0 Å². The molecule has 0 amide bonds. The van der Waals surface area contributed by atoms with Crippen molar-refractivity contribution >= 4 is 46.5 Å². The molecular formula is C16H14Cl3NO3. The maximum absolute atomic E-state index is 11.7. The van der Waals surface area contributed by atoms with E-state index in [9.17, 15) is 4.79 Å². The molecule has 0 aromatic heterocycles. The number of anilines is 1. The van der Waals surface area contributed by atoms with Crippen molar-refractivity contribution in [3.8, 4) is 5.75 Å². The summed E-state index contributed by atoms with van der Waals surface area (Å²) >= 11 is 17.7. The molecule has 0 unspecified atom stereocenters. The van der Waals surface area contributed by atoms with Crippen molar-refractivity contribution < 1.29 is 14.3 Å². The normalized spacial score (nSPS) is 10.3. The van der Waals surface area contributed by atoms with Crippen LogP contribution in [0.5, 0.6) is 5.75 Å². The number of esters is 1. The molecule has 0 saturated heterocycles. The van der Waals surface area contributed by atoms with E-state index in [1.165, 1.54) is 7.11 Å². The summed E-state index contributed by atoms with van der Waals surface area (Å²) in [5.74, 6) is 0.117. The lowest BCUT2D eigenvalue weighted by Gasteiger charge is -2.12. The zero-order chi connectivity index (χ0) is 16.8. The Morgan fingerprint density at radius 3 is 2.39 bits per heavy atom. The molecule has 2 aromatic rings. The van der Waals surface area contributed by atoms with Gasteiger partial charge in [-0.25, -0.2) is 4.79 Å². The third-order valence-electron chi connectivity index (χ3n) is 2.91. The molecule has 2 rings (SSSR count). The largest absolute Gasteiger partial charge is 0.492 e. The molecule has 7 heteroatoms. The van der Waals surface area contributed by atoms with Crippen LogP contribution in [0, 0.1) is 0 Å². The van der Waals surface area contributed by atoms with Crippen LogP contribution in [0.3, 0.4) is 0 Å². The average Bonchev–Trinajstić information content (AvgIpc) is 2.51. The number of halogens is 3. The van der Waals surface area contributed by atoms with E-state index >= 15 is 0 Å². The van der Waals surface area contributed by atoms with Crippen molar-refractivity contribution in [1.29, 1.82) is 0 Å². The van der Waals surface area contributed by atoms with Gasteiger partial charge < -0.3 is 14.8 Å². The first-order chi connectivity index (χ1) is 11.0. The molecule has 0 saturated carbocycles. The second-order valence-corrected chi connectivity index (χ2v) is 5.87. The number of nitrogens with one attached hydrogen (secondary N) is 1. The van der Waals surface area contributed by atoms with Crippen LogP contribution in [0.25, 0.3) is 0 Å². The summed E-state index contributed by atoms with van der Waals surface area (Å²) in [6.07, 6.45) is 0. The first kappa shape index (κ1) is 17.7. The molecule has 0 spiro atoms. The van der Waals surface area contributed by atoms with Crippen LogP contribution in [-0.2, 0) is 4.74 Å². The number of carbonyl (C=O) groups is 1. The van der Waals surface area contributed by atoms with Crippen LogP contribution < -0.4 is 10.1 Å². The maximum Gasteiger partial charge on any atom is 0.340 e. The highest BCUT2D eigenvalue weighted by Crippen LogP contribution is 2.24. The monoisotopic (exact) mass is 373 g/mol. The van der Waals surface area contributed by atoms with Crippen molar-refractivity contribution in [3.63, 3.8) is 0 Å². The number of benzene rings is 2. The van der Waals surface area contributed by atoms with Crippen molar-refractivity contribution in [2.24, 2.45) is 0 Å². The summed E-state index contributed by atoms with van der Waals surface area (Å²) in [5, 5.41) is 4.58. The van der Waals surface area contributed by atoms with E-state index in [-0.39, 0.29) is 0 Å². The van der Waals surface area contributed by atoms with Crippen LogP contribution >= 0.6 is 34.8 Å². The summed E-state index contributed by atoms with van der Waals surface area (Å²) < 4.78 is 10.3. The van der Waals surface area contributed by atoms with E-state index in [0.29, 0.717) is 45.2 Å². The fraction of sp³-hybridized carbons (Fsp3) is 0.188. The first-order valence-corrected chi connectivity index (χ1v) is 7.83. The number of hydrogen-bond acceptors (Lipinski definition) is 4. The Kier molecular flexibility index (Phi) is 6.39. The van der Waals surface area contributed by atoms with E-state index in [0.717, 1.165) is 0 Å². The minimum atomic E-state index is -0.461. The Balaban J connectivity index is 1.95. The van der Waals surface area contributed by atoms with Crippen LogP contribution in [0.4, 0.5) is 5.69 Å². The molecule has 2 aromatic carbocycles. The van der Waals surface area contributed by atoms with E-state index in [1.54, 1.807) is 36.4 Å². The zero-order valence-corrected chi connectivity index (χ0v) is 14.5. The van der Waals surface area contributed by atoms with Gasteiger partial charge in [-0.15, -0.1) is 0 Å². The lowest BCUT2D eigenvalue weighted by atomic mass is 10.2. The quantitative estimate of drug-likeness (QED) is 0.575. The first-order valence-electron chi connectivity index (χ1n) is 6.70. The highest BCUT2D eigenvalue weighted by molar-refractivity contribution is 6.34. The Labute approximate surface area is 149 Å². The summed E-state index contributed by atoms with van der Waals surface area (Å²) in [5.41, 5.74) is 0.986. The van der Waals surface area contributed by atoms with Gasteiger partial charge in [0.1, 0.15) is 12.4 Å². The fourth-order valence-corrected chi connectivity index (χ4v) is 2.59. The van der Waals surface area contributed by atoms with E-state index < -0.39 is 5.97 Å². The molecule has 122 valence electrons. The van der Waals surface area contributed by atoms with Crippen molar-refractivity contribution in [2.75, 3.05) is 25.6 Å². The highest BCUT2D eigenvalue weighted by Gasteiger charge is 2.12. The zero-order valence-electron chi connectivity index (χ0n) is 12.2. The Morgan fingerprint density at radius 1 is 1.04 bits per heavy atom. The van der Waals surface area contributed by atoms with Gasteiger partial charge >= 0.3 is 5.97 Å². The SMILES string of the molecule is COC(=O)c1cc(Cl)ccc1NCCOc1cc(Cl)cc(Cl)c1. The number of rotatable bonds is 6. The third-order valence-corrected chi connectivity index (χ3v) is 3.58. The molecular weight excluding hydrogens is 361 g/mol. The molecule has 0 heterocycles. The molecule has 23 heavy (non-hydrogen) atoms. The molecule has 0 atom stereocenters. The number of methoxy groups -OCH3 is 1. The van der Waals surface area contributed by atoms with Gasteiger partial charge in [-0.1, -0.05) is 34.8 Å². The minimum absolute atomic E-state index is 0.361. The summed E-state index contributed by atoms with van der Waals surface area (Å²) in [4.78, 5) is 11.7. The molecule has 0 aliphatic heterocycles. The molecule has 0 bridgehead atoms. The van der Waals surface area contributed by atoms with Crippen LogP contribution in [-0.4, -0.2) is 26.2 Å². The summed E-state index contributed by atoms with van der Waals surface area (Å²) in [6.45, 7) is 0.829. The Morgan fingerprint density at radius 2 is 1.74 bits per heavy atom. The van der Waals surface area contributed by atoms with Crippen molar-refractivity contribution in [1.82, 2.24) is 0 Å². The number of carbonyl (C=O) groups excluding carboxylic acids is 1. The van der Waals surface area contributed by atoms with Gasteiger partial charge in [-0.2, -0.15) is 0 Å². The van der Waals surface area contributed by atoms with Gasteiger partial charge in [-0.3, -0.25) is 0 Å². The van der Waals surface area contributed by atoms with E-state index in [2.05, 4.69) is 5.32 Å². The van der Waals surface area contributed by atoms with Gasteiger partial charge in [0.05, 0.1) is 12.7 Å². The summed E-state index contributed by atoms with van der Waals surface area (Å²) in [6, 6.07) is 9.93. The highest BCUT2D eigenvalue weighted by atomic mass is 35.5. The maximum atomic E-state index is 11.7. The van der Waals surface area contributed by atoms with E-state index in [4.69, 9.17) is 44.3 Å². The van der Waals surface area contributed by atoms with Crippen LogP contribution in [0.1, 0.15) is 10.4 Å².